The Balaban J connectivity index is 2.03. The van der Waals surface area contributed by atoms with Crippen molar-refractivity contribution in [2.45, 2.75) is 32.0 Å². The van der Waals surface area contributed by atoms with Crippen molar-refractivity contribution < 1.29 is 9.66 Å². The van der Waals surface area contributed by atoms with Crippen molar-refractivity contribution in [3.05, 3.63) is 38.9 Å². The van der Waals surface area contributed by atoms with E-state index in [-0.39, 0.29) is 10.7 Å². The fraction of sp³-hybridized carbons (Fsp3) is 0.455. The highest BCUT2D eigenvalue weighted by Gasteiger charge is 2.18. The van der Waals surface area contributed by atoms with Crippen LogP contribution in [-0.4, -0.2) is 11.0 Å². The molecule has 0 N–H and O–H groups in total. The topological polar surface area (TPSA) is 52.4 Å². The zero-order valence-electron chi connectivity index (χ0n) is 8.69. The Labute approximate surface area is 98.3 Å². The first-order valence-corrected chi connectivity index (χ1v) is 5.59. The van der Waals surface area contributed by atoms with Crippen molar-refractivity contribution >= 4 is 17.3 Å². The maximum Gasteiger partial charge on any atom is 0.288 e. The molecule has 0 aromatic heterocycles. The van der Waals surface area contributed by atoms with Gasteiger partial charge in [0.15, 0.2) is 0 Å². The van der Waals surface area contributed by atoms with Crippen LogP contribution in [0.4, 0.5) is 5.69 Å². The highest BCUT2D eigenvalue weighted by molar-refractivity contribution is 6.32. The molecule has 0 aliphatic heterocycles. The summed E-state index contributed by atoms with van der Waals surface area (Å²) in [4.78, 5) is 10.2. The first-order valence-electron chi connectivity index (χ1n) is 5.21. The van der Waals surface area contributed by atoms with Crippen LogP contribution in [0.3, 0.4) is 0 Å². The van der Waals surface area contributed by atoms with E-state index in [1.807, 2.05) is 0 Å². The SMILES string of the molecule is O=[N+]([O-])c1cc(COC2CCC2)ccc1Cl. The average molecular weight is 242 g/mol. The monoisotopic (exact) mass is 241 g/mol. The normalized spacial score (nSPS) is 15.8. The van der Waals surface area contributed by atoms with Gasteiger partial charge in [-0.2, -0.15) is 0 Å². The molecule has 1 aliphatic carbocycles. The van der Waals surface area contributed by atoms with Crippen molar-refractivity contribution in [2.24, 2.45) is 0 Å². The van der Waals surface area contributed by atoms with Gasteiger partial charge in [-0.15, -0.1) is 0 Å². The predicted molar refractivity (Wildman–Crippen MR) is 60.5 cm³/mol. The number of hydrogen-bond donors (Lipinski definition) is 0. The maximum absolute atomic E-state index is 10.7. The van der Waals surface area contributed by atoms with E-state index in [1.165, 1.54) is 12.5 Å². The van der Waals surface area contributed by atoms with Gasteiger partial charge in [0.05, 0.1) is 17.6 Å². The average Bonchev–Trinajstić information content (AvgIpc) is 2.17. The minimum atomic E-state index is -0.477. The number of nitrogens with zero attached hydrogens (tertiary/aromatic N) is 1. The lowest BCUT2D eigenvalue weighted by Gasteiger charge is -2.25. The molecule has 86 valence electrons. The summed E-state index contributed by atoms with van der Waals surface area (Å²) in [5.74, 6) is 0. The molecule has 0 saturated heterocycles. The first-order chi connectivity index (χ1) is 7.66. The predicted octanol–water partition coefficient (Wildman–Crippen LogP) is 3.32. The third-order valence-electron chi connectivity index (χ3n) is 2.75. The maximum atomic E-state index is 10.7. The van der Waals surface area contributed by atoms with Gasteiger partial charge in [-0.3, -0.25) is 10.1 Å². The van der Waals surface area contributed by atoms with E-state index >= 15 is 0 Å². The van der Waals surface area contributed by atoms with Crippen LogP contribution in [0.5, 0.6) is 0 Å². The van der Waals surface area contributed by atoms with Crippen LogP contribution in [0, 0.1) is 10.1 Å². The van der Waals surface area contributed by atoms with Crippen LogP contribution >= 0.6 is 11.6 Å². The molecule has 5 heteroatoms. The largest absolute Gasteiger partial charge is 0.374 e. The molecule has 0 unspecified atom stereocenters. The third kappa shape index (κ3) is 2.51. The summed E-state index contributed by atoms with van der Waals surface area (Å²) < 4.78 is 5.57. The lowest BCUT2D eigenvalue weighted by Crippen LogP contribution is -2.21. The Morgan fingerprint density at radius 2 is 2.25 bits per heavy atom. The summed E-state index contributed by atoms with van der Waals surface area (Å²) >= 11 is 5.71. The van der Waals surface area contributed by atoms with E-state index in [0.29, 0.717) is 12.7 Å². The first kappa shape index (κ1) is 11.4. The van der Waals surface area contributed by atoms with E-state index in [9.17, 15) is 10.1 Å². The number of nitro benzene ring substituents is 1. The van der Waals surface area contributed by atoms with Crippen LogP contribution < -0.4 is 0 Å². The second kappa shape index (κ2) is 4.80. The smallest absolute Gasteiger partial charge is 0.288 e. The molecule has 0 heterocycles. The van der Waals surface area contributed by atoms with Crippen molar-refractivity contribution in [3.8, 4) is 0 Å². The van der Waals surface area contributed by atoms with E-state index in [1.54, 1.807) is 12.1 Å². The van der Waals surface area contributed by atoms with Gasteiger partial charge in [-0.1, -0.05) is 17.7 Å². The molecule has 0 amide bonds. The summed E-state index contributed by atoms with van der Waals surface area (Å²) in [6.07, 6.45) is 3.73. The van der Waals surface area contributed by atoms with Crippen LogP contribution in [-0.2, 0) is 11.3 Å². The van der Waals surface area contributed by atoms with Crippen LogP contribution in [0.2, 0.25) is 5.02 Å². The molecule has 2 rings (SSSR count). The van der Waals surface area contributed by atoms with Crippen molar-refractivity contribution in [3.63, 3.8) is 0 Å². The summed E-state index contributed by atoms with van der Waals surface area (Å²) in [6, 6.07) is 4.77. The van der Waals surface area contributed by atoms with Crippen molar-refractivity contribution in [1.29, 1.82) is 0 Å². The number of rotatable bonds is 4. The van der Waals surface area contributed by atoms with Gasteiger partial charge in [0.25, 0.3) is 5.69 Å². The summed E-state index contributed by atoms with van der Waals surface area (Å²) in [5, 5.41) is 10.8. The zero-order valence-corrected chi connectivity index (χ0v) is 9.44. The van der Waals surface area contributed by atoms with Gasteiger partial charge in [0, 0.05) is 6.07 Å². The summed E-state index contributed by atoms with van der Waals surface area (Å²) in [5.41, 5.74) is 0.736. The van der Waals surface area contributed by atoms with Crippen LogP contribution in [0.25, 0.3) is 0 Å². The molecule has 4 nitrogen and oxygen atoms in total. The van der Waals surface area contributed by atoms with Gasteiger partial charge in [-0.05, 0) is 30.9 Å². The molecule has 1 saturated carbocycles. The molecule has 0 radical (unpaired) electrons. The molecule has 1 aromatic rings. The molecular formula is C11H12ClNO3. The Hall–Kier alpha value is -1.13. The van der Waals surface area contributed by atoms with E-state index in [2.05, 4.69) is 0 Å². The van der Waals surface area contributed by atoms with Crippen LogP contribution in [0.15, 0.2) is 18.2 Å². The second-order valence-corrected chi connectivity index (χ2v) is 4.31. The molecule has 0 atom stereocenters. The molecule has 16 heavy (non-hydrogen) atoms. The minimum Gasteiger partial charge on any atom is -0.374 e. The highest BCUT2D eigenvalue weighted by Crippen LogP contribution is 2.27. The molecular weight excluding hydrogens is 230 g/mol. The summed E-state index contributed by atoms with van der Waals surface area (Å²) in [7, 11) is 0. The van der Waals surface area contributed by atoms with E-state index in [4.69, 9.17) is 16.3 Å². The number of ether oxygens (including phenoxy) is 1. The van der Waals surface area contributed by atoms with Crippen LogP contribution in [0.1, 0.15) is 24.8 Å². The molecule has 0 bridgehead atoms. The lowest BCUT2D eigenvalue weighted by atomic mass is 9.96. The van der Waals surface area contributed by atoms with E-state index in [0.717, 1.165) is 18.4 Å². The Kier molecular flexibility index (Phi) is 3.41. The highest BCUT2D eigenvalue weighted by atomic mass is 35.5. The fourth-order valence-electron chi connectivity index (χ4n) is 1.54. The Morgan fingerprint density at radius 3 is 2.81 bits per heavy atom. The Bertz CT molecular complexity index is 404. The van der Waals surface area contributed by atoms with Gasteiger partial charge in [0.1, 0.15) is 5.02 Å². The Morgan fingerprint density at radius 1 is 1.50 bits per heavy atom. The molecule has 0 spiro atoms. The molecule has 1 fully saturated rings. The van der Waals surface area contributed by atoms with Crippen molar-refractivity contribution in [1.82, 2.24) is 0 Å². The molecule has 1 aromatic carbocycles. The minimum absolute atomic E-state index is 0.0589. The summed E-state index contributed by atoms with van der Waals surface area (Å²) in [6.45, 7) is 0.419. The number of halogens is 1. The standard InChI is InChI=1S/C11H12ClNO3/c12-10-5-4-8(6-11(10)13(14)15)7-16-9-2-1-3-9/h4-6,9H,1-3,7H2. The zero-order chi connectivity index (χ0) is 11.5. The number of benzene rings is 1. The van der Waals surface area contributed by atoms with Crippen molar-refractivity contribution in [2.75, 3.05) is 0 Å². The molecule has 1 aliphatic rings. The lowest BCUT2D eigenvalue weighted by molar-refractivity contribution is -0.384. The van der Waals surface area contributed by atoms with E-state index < -0.39 is 4.92 Å². The third-order valence-corrected chi connectivity index (χ3v) is 3.06. The van der Waals surface area contributed by atoms with Gasteiger partial charge < -0.3 is 4.74 Å². The quantitative estimate of drug-likeness (QED) is 0.600. The second-order valence-electron chi connectivity index (χ2n) is 3.91. The van der Waals surface area contributed by atoms with Gasteiger partial charge in [0.2, 0.25) is 0 Å². The number of nitro groups is 1. The fourth-order valence-corrected chi connectivity index (χ4v) is 1.73. The number of hydrogen-bond acceptors (Lipinski definition) is 3. The van der Waals surface area contributed by atoms with Gasteiger partial charge >= 0.3 is 0 Å². The van der Waals surface area contributed by atoms with Gasteiger partial charge in [-0.25, -0.2) is 0 Å².